The maximum atomic E-state index is 10.7. The van der Waals surface area contributed by atoms with Gasteiger partial charge >= 0.3 is 5.97 Å². The van der Waals surface area contributed by atoms with Crippen molar-refractivity contribution < 1.29 is 15.0 Å². The van der Waals surface area contributed by atoms with E-state index >= 15 is 0 Å². The van der Waals surface area contributed by atoms with Gasteiger partial charge in [0.15, 0.2) is 0 Å². The average Bonchev–Trinajstić information content (AvgIpc) is 2.23. The summed E-state index contributed by atoms with van der Waals surface area (Å²) in [5.41, 5.74) is 5.33. The van der Waals surface area contributed by atoms with Gasteiger partial charge in [-0.05, 0) is 55.6 Å². The van der Waals surface area contributed by atoms with Crippen molar-refractivity contribution in [2.24, 2.45) is 0 Å². The van der Waals surface area contributed by atoms with Gasteiger partial charge in [0, 0.05) is 6.54 Å². The molecule has 0 fully saturated rings. The Morgan fingerprint density at radius 1 is 1.22 bits per heavy atom. The van der Waals surface area contributed by atoms with E-state index in [4.69, 9.17) is 5.11 Å². The molecule has 0 bridgehead atoms. The van der Waals surface area contributed by atoms with E-state index < -0.39 is 5.97 Å². The monoisotopic (exact) mass is 251 g/mol. The third-order valence-corrected chi connectivity index (χ3v) is 3.28. The Labute approximate surface area is 108 Å². The van der Waals surface area contributed by atoms with Gasteiger partial charge in [0.2, 0.25) is 0 Å². The van der Waals surface area contributed by atoms with Gasteiger partial charge in [-0.1, -0.05) is 6.07 Å². The summed E-state index contributed by atoms with van der Waals surface area (Å²) in [5, 5.41) is 18.2. The second-order valence-electron chi connectivity index (χ2n) is 4.82. The van der Waals surface area contributed by atoms with Crippen LogP contribution < -0.4 is 0 Å². The number of benzene rings is 1. The van der Waals surface area contributed by atoms with Crippen LogP contribution in [0, 0.1) is 20.8 Å². The number of nitrogens with zero attached hydrogens (tertiary/aromatic N) is 1. The maximum absolute atomic E-state index is 10.7. The van der Waals surface area contributed by atoms with Crippen LogP contribution in [0.4, 0.5) is 0 Å². The number of rotatable bonds is 5. The van der Waals surface area contributed by atoms with Crippen molar-refractivity contribution in [3.8, 4) is 0 Å². The Kier molecular flexibility index (Phi) is 4.87. The minimum atomic E-state index is -0.831. The van der Waals surface area contributed by atoms with Crippen molar-refractivity contribution in [2.45, 2.75) is 33.9 Å². The molecule has 18 heavy (non-hydrogen) atoms. The Morgan fingerprint density at radius 2 is 1.78 bits per heavy atom. The summed E-state index contributed by atoms with van der Waals surface area (Å²) < 4.78 is 0. The van der Waals surface area contributed by atoms with Crippen LogP contribution in [0.2, 0.25) is 0 Å². The SMILES string of the molecule is Cc1cc(C)c(CN(C)CC(=O)O)c(C)c1CO. The summed E-state index contributed by atoms with van der Waals surface area (Å²) in [7, 11) is 1.78. The lowest BCUT2D eigenvalue weighted by atomic mass is 9.93. The third kappa shape index (κ3) is 3.31. The molecular weight excluding hydrogens is 230 g/mol. The second kappa shape index (κ2) is 5.98. The molecule has 2 N–H and O–H groups in total. The van der Waals surface area contributed by atoms with Crippen molar-refractivity contribution >= 4 is 5.97 Å². The van der Waals surface area contributed by atoms with E-state index in [-0.39, 0.29) is 13.2 Å². The number of carboxylic acid groups (broad SMARTS) is 1. The molecule has 0 amide bonds. The zero-order valence-corrected chi connectivity index (χ0v) is 11.4. The Balaban J connectivity index is 3.05. The van der Waals surface area contributed by atoms with Gasteiger partial charge in [0.1, 0.15) is 0 Å². The van der Waals surface area contributed by atoms with Crippen LogP contribution in [0.15, 0.2) is 6.07 Å². The molecule has 1 aromatic carbocycles. The molecule has 0 radical (unpaired) electrons. The number of aliphatic hydroxyl groups excluding tert-OH is 1. The Hall–Kier alpha value is -1.39. The fourth-order valence-corrected chi connectivity index (χ4v) is 2.32. The molecule has 0 aromatic heterocycles. The fraction of sp³-hybridized carbons (Fsp3) is 0.500. The quantitative estimate of drug-likeness (QED) is 0.835. The molecule has 0 aliphatic heterocycles. The summed E-state index contributed by atoms with van der Waals surface area (Å²) in [6.07, 6.45) is 0. The highest BCUT2D eigenvalue weighted by molar-refractivity contribution is 5.69. The van der Waals surface area contributed by atoms with Crippen LogP contribution in [0.1, 0.15) is 27.8 Å². The predicted octanol–water partition coefficient (Wildman–Crippen LogP) is 1.62. The number of likely N-dealkylation sites (N-methyl/N-ethyl adjacent to an activating group) is 1. The molecule has 1 aromatic rings. The molecule has 100 valence electrons. The lowest BCUT2D eigenvalue weighted by molar-refractivity contribution is -0.138. The number of hydrogen-bond acceptors (Lipinski definition) is 3. The highest BCUT2D eigenvalue weighted by Crippen LogP contribution is 2.23. The van der Waals surface area contributed by atoms with Crippen LogP contribution in [-0.2, 0) is 17.9 Å². The minimum absolute atomic E-state index is 0.0151. The molecule has 0 aliphatic rings. The van der Waals surface area contributed by atoms with Gasteiger partial charge in [-0.2, -0.15) is 0 Å². The number of aliphatic hydroxyl groups is 1. The first-order chi connectivity index (χ1) is 8.36. The van der Waals surface area contributed by atoms with E-state index in [0.29, 0.717) is 6.54 Å². The summed E-state index contributed by atoms with van der Waals surface area (Å²) in [6.45, 7) is 6.60. The molecule has 0 saturated heterocycles. The summed E-state index contributed by atoms with van der Waals surface area (Å²) >= 11 is 0. The lowest BCUT2D eigenvalue weighted by Crippen LogP contribution is -2.26. The van der Waals surface area contributed by atoms with Gasteiger partial charge in [0.05, 0.1) is 13.2 Å². The van der Waals surface area contributed by atoms with Gasteiger partial charge in [-0.3, -0.25) is 9.69 Å². The molecule has 0 saturated carbocycles. The standard InChI is InChI=1S/C14H21NO3/c1-9-5-10(2)13(8-16)11(3)12(9)6-15(4)7-14(17)18/h5,16H,6-8H2,1-4H3,(H,17,18). The molecule has 0 atom stereocenters. The number of carbonyl (C=O) groups is 1. The number of carboxylic acids is 1. The van der Waals surface area contributed by atoms with Gasteiger partial charge in [-0.15, -0.1) is 0 Å². The van der Waals surface area contributed by atoms with Crippen molar-refractivity contribution in [1.82, 2.24) is 4.90 Å². The molecule has 1 rings (SSSR count). The van der Waals surface area contributed by atoms with Gasteiger partial charge in [0.25, 0.3) is 0 Å². The lowest BCUT2D eigenvalue weighted by Gasteiger charge is -2.20. The van der Waals surface area contributed by atoms with Gasteiger partial charge in [-0.25, -0.2) is 0 Å². The van der Waals surface area contributed by atoms with E-state index in [0.717, 1.165) is 27.8 Å². The van der Waals surface area contributed by atoms with Crippen LogP contribution in [0.3, 0.4) is 0 Å². The Morgan fingerprint density at radius 3 is 2.28 bits per heavy atom. The first kappa shape index (κ1) is 14.7. The molecule has 4 heteroatoms. The van der Waals surface area contributed by atoms with Crippen LogP contribution in [0.5, 0.6) is 0 Å². The highest BCUT2D eigenvalue weighted by Gasteiger charge is 2.13. The topological polar surface area (TPSA) is 60.8 Å². The summed E-state index contributed by atoms with van der Waals surface area (Å²) in [6, 6.07) is 2.04. The molecule has 0 heterocycles. The molecule has 4 nitrogen and oxygen atoms in total. The zero-order valence-electron chi connectivity index (χ0n) is 11.4. The molecular formula is C14H21NO3. The van der Waals surface area contributed by atoms with Crippen molar-refractivity contribution in [2.75, 3.05) is 13.6 Å². The average molecular weight is 251 g/mol. The van der Waals surface area contributed by atoms with Crippen LogP contribution in [-0.4, -0.2) is 34.7 Å². The highest BCUT2D eigenvalue weighted by atomic mass is 16.4. The van der Waals surface area contributed by atoms with Crippen molar-refractivity contribution in [1.29, 1.82) is 0 Å². The van der Waals surface area contributed by atoms with E-state index in [2.05, 4.69) is 0 Å². The van der Waals surface area contributed by atoms with E-state index in [1.807, 2.05) is 26.8 Å². The normalized spacial score (nSPS) is 11.0. The van der Waals surface area contributed by atoms with Crippen molar-refractivity contribution in [3.63, 3.8) is 0 Å². The maximum Gasteiger partial charge on any atom is 0.317 e. The number of aryl methyl sites for hydroxylation is 2. The van der Waals surface area contributed by atoms with Gasteiger partial charge < -0.3 is 10.2 Å². The zero-order chi connectivity index (χ0) is 13.9. The molecule has 0 spiro atoms. The number of aliphatic carboxylic acids is 1. The van der Waals surface area contributed by atoms with E-state index in [1.165, 1.54) is 0 Å². The predicted molar refractivity (Wildman–Crippen MR) is 70.5 cm³/mol. The van der Waals surface area contributed by atoms with E-state index in [9.17, 15) is 9.90 Å². The summed E-state index contributed by atoms with van der Waals surface area (Å²) in [5.74, 6) is -0.831. The summed E-state index contributed by atoms with van der Waals surface area (Å²) in [4.78, 5) is 12.4. The minimum Gasteiger partial charge on any atom is -0.480 e. The largest absolute Gasteiger partial charge is 0.480 e. The fourth-order valence-electron chi connectivity index (χ4n) is 2.32. The second-order valence-corrected chi connectivity index (χ2v) is 4.82. The van der Waals surface area contributed by atoms with Crippen LogP contribution >= 0.6 is 0 Å². The molecule has 0 aliphatic carbocycles. The Bertz CT molecular complexity index is 455. The third-order valence-electron chi connectivity index (χ3n) is 3.28. The molecule has 0 unspecified atom stereocenters. The number of hydrogen-bond donors (Lipinski definition) is 2. The first-order valence-corrected chi connectivity index (χ1v) is 5.96. The van der Waals surface area contributed by atoms with Crippen molar-refractivity contribution in [3.05, 3.63) is 33.9 Å². The smallest absolute Gasteiger partial charge is 0.317 e. The first-order valence-electron chi connectivity index (χ1n) is 5.96. The van der Waals surface area contributed by atoms with Crippen LogP contribution in [0.25, 0.3) is 0 Å². The van der Waals surface area contributed by atoms with E-state index in [1.54, 1.807) is 11.9 Å².